The molecular formula is C18H15ClN4O2. The van der Waals surface area contributed by atoms with E-state index in [2.05, 4.69) is 15.1 Å². The van der Waals surface area contributed by atoms with Crippen LogP contribution in [0.25, 0.3) is 11.5 Å². The molecule has 2 aromatic heterocycles. The molecule has 0 spiro atoms. The average Bonchev–Trinajstić information content (AvgIpc) is 3.25. The minimum atomic E-state index is -0.143. The summed E-state index contributed by atoms with van der Waals surface area (Å²) >= 11 is 6.18. The molecule has 25 heavy (non-hydrogen) atoms. The molecule has 1 unspecified atom stereocenters. The van der Waals surface area contributed by atoms with Crippen LogP contribution in [0, 0.1) is 6.92 Å². The number of halogens is 1. The Morgan fingerprint density at radius 1 is 1.24 bits per heavy atom. The van der Waals surface area contributed by atoms with Gasteiger partial charge < -0.3 is 9.42 Å². The van der Waals surface area contributed by atoms with Gasteiger partial charge in [-0.25, -0.2) is 0 Å². The fourth-order valence-corrected chi connectivity index (χ4v) is 3.16. The number of amides is 1. The molecule has 1 saturated heterocycles. The Morgan fingerprint density at radius 3 is 2.92 bits per heavy atom. The van der Waals surface area contributed by atoms with Gasteiger partial charge in [-0.15, -0.1) is 0 Å². The topological polar surface area (TPSA) is 72.1 Å². The van der Waals surface area contributed by atoms with Gasteiger partial charge in [-0.05, 0) is 36.8 Å². The Hall–Kier alpha value is -2.73. The highest BCUT2D eigenvalue weighted by Crippen LogP contribution is 2.35. The van der Waals surface area contributed by atoms with E-state index in [0.29, 0.717) is 35.4 Å². The number of rotatable bonds is 3. The van der Waals surface area contributed by atoms with Crippen LogP contribution in [-0.2, 0) is 4.79 Å². The minimum absolute atomic E-state index is 0.0213. The molecule has 1 aliphatic heterocycles. The predicted molar refractivity (Wildman–Crippen MR) is 93.4 cm³/mol. The lowest BCUT2D eigenvalue weighted by Gasteiger charge is -2.19. The van der Waals surface area contributed by atoms with E-state index in [4.69, 9.17) is 16.1 Å². The maximum Gasteiger partial charge on any atom is 0.232 e. The van der Waals surface area contributed by atoms with Gasteiger partial charge in [0.05, 0.1) is 5.92 Å². The molecule has 1 fully saturated rings. The van der Waals surface area contributed by atoms with Crippen molar-refractivity contribution in [1.82, 2.24) is 15.1 Å². The molecule has 3 heterocycles. The van der Waals surface area contributed by atoms with Crippen LogP contribution < -0.4 is 4.90 Å². The van der Waals surface area contributed by atoms with Crippen LogP contribution in [-0.4, -0.2) is 27.6 Å². The van der Waals surface area contributed by atoms with Gasteiger partial charge in [0.25, 0.3) is 0 Å². The van der Waals surface area contributed by atoms with Crippen LogP contribution in [0.5, 0.6) is 0 Å². The van der Waals surface area contributed by atoms with Crippen molar-refractivity contribution in [3.8, 4) is 11.5 Å². The first kappa shape index (κ1) is 15.8. The van der Waals surface area contributed by atoms with Crippen molar-refractivity contribution >= 4 is 23.2 Å². The highest BCUT2D eigenvalue weighted by molar-refractivity contribution is 6.31. The fourth-order valence-electron chi connectivity index (χ4n) is 2.99. The molecule has 7 heteroatoms. The molecule has 0 radical (unpaired) electrons. The SMILES string of the molecule is Cc1c(Cl)cccc1N1CC(c2nc(-c3ccccn3)no2)CC1=O. The third-order valence-corrected chi connectivity index (χ3v) is 4.75. The number of carbonyl (C=O) groups excluding carboxylic acids is 1. The van der Waals surface area contributed by atoms with Crippen LogP contribution in [0.2, 0.25) is 5.02 Å². The average molecular weight is 355 g/mol. The number of carbonyl (C=O) groups is 1. The summed E-state index contributed by atoms with van der Waals surface area (Å²) in [7, 11) is 0. The van der Waals surface area contributed by atoms with Gasteiger partial charge in [0, 0.05) is 29.9 Å². The Morgan fingerprint density at radius 2 is 2.12 bits per heavy atom. The number of hydrogen-bond donors (Lipinski definition) is 0. The highest BCUT2D eigenvalue weighted by atomic mass is 35.5. The first-order valence-corrected chi connectivity index (χ1v) is 8.32. The second kappa shape index (κ2) is 6.29. The normalized spacial score (nSPS) is 17.3. The summed E-state index contributed by atoms with van der Waals surface area (Å²) in [6, 6.07) is 11.1. The van der Waals surface area contributed by atoms with E-state index < -0.39 is 0 Å². The summed E-state index contributed by atoms with van der Waals surface area (Å²) in [6.45, 7) is 2.40. The van der Waals surface area contributed by atoms with E-state index in [9.17, 15) is 4.79 Å². The van der Waals surface area contributed by atoms with Gasteiger partial charge in [0.1, 0.15) is 5.69 Å². The number of aromatic nitrogens is 3. The monoisotopic (exact) mass is 354 g/mol. The first-order chi connectivity index (χ1) is 12.1. The number of benzene rings is 1. The Labute approximate surface area is 149 Å². The second-order valence-electron chi connectivity index (χ2n) is 5.96. The Bertz CT molecular complexity index is 926. The zero-order valence-corrected chi connectivity index (χ0v) is 14.3. The van der Waals surface area contributed by atoms with E-state index >= 15 is 0 Å². The minimum Gasteiger partial charge on any atom is -0.339 e. The molecule has 1 aromatic carbocycles. The van der Waals surface area contributed by atoms with Gasteiger partial charge in [-0.3, -0.25) is 9.78 Å². The van der Waals surface area contributed by atoms with Crippen LogP contribution in [0.3, 0.4) is 0 Å². The zero-order valence-electron chi connectivity index (χ0n) is 13.5. The van der Waals surface area contributed by atoms with E-state index in [0.717, 1.165) is 11.3 Å². The third-order valence-electron chi connectivity index (χ3n) is 4.34. The van der Waals surface area contributed by atoms with Crippen LogP contribution in [0.1, 0.15) is 23.8 Å². The molecule has 0 bridgehead atoms. The molecular weight excluding hydrogens is 340 g/mol. The number of anilines is 1. The summed E-state index contributed by atoms with van der Waals surface area (Å²) in [4.78, 5) is 22.8. The summed E-state index contributed by atoms with van der Waals surface area (Å²) < 4.78 is 5.38. The Balaban J connectivity index is 1.59. The predicted octanol–water partition coefficient (Wildman–Crippen LogP) is 3.61. The number of hydrogen-bond acceptors (Lipinski definition) is 5. The molecule has 1 atom stereocenters. The molecule has 1 amide bonds. The van der Waals surface area contributed by atoms with Crippen molar-refractivity contribution in [3.63, 3.8) is 0 Å². The van der Waals surface area contributed by atoms with Crippen LogP contribution in [0.4, 0.5) is 5.69 Å². The van der Waals surface area contributed by atoms with Crippen LogP contribution >= 0.6 is 11.6 Å². The molecule has 0 saturated carbocycles. The molecule has 126 valence electrons. The van der Waals surface area contributed by atoms with E-state index in [1.54, 1.807) is 11.1 Å². The lowest BCUT2D eigenvalue weighted by Crippen LogP contribution is -2.25. The zero-order chi connectivity index (χ0) is 17.4. The standard InChI is InChI=1S/C18H15ClN4O2/c1-11-13(19)5-4-7-15(11)23-10-12(9-16(23)24)18-21-17(22-25-18)14-6-2-3-8-20-14/h2-8,12H,9-10H2,1H3. The van der Waals surface area contributed by atoms with Crippen molar-refractivity contribution in [2.45, 2.75) is 19.3 Å². The molecule has 4 rings (SSSR count). The second-order valence-corrected chi connectivity index (χ2v) is 6.37. The number of pyridine rings is 1. The van der Waals surface area contributed by atoms with E-state index in [-0.39, 0.29) is 11.8 Å². The maximum atomic E-state index is 12.5. The smallest absolute Gasteiger partial charge is 0.232 e. The molecule has 1 aliphatic rings. The molecule has 0 aliphatic carbocycles. The van der Waals surface area contributed by atoms with Gasteiger partial charge >= 0.3 is 0 Å². The van der Waals surface area contributed by atoms with Crippen molar-refractivity contribution in [1.29, 1.82) is 0 Å². The van der Waals surface area contributed by atoms with Crippen molar-refractivity contribution < 1.29 is 9.32 Å². The molecule has 0 N–H and O–H groups in total. The van der Waals surface area contributed by atoms with E-state index in [1.807, 2.05) is 43.3 Å². The Kier molecular flexibility index (Phi) is 3.97. The molecule has 3 aromatic rings. The fraction of sp³-hybridized carbons (Fsp3) is 0.222. The van der Waals surface area contributed by atoms with Crippen molar-refractivity contribution in [2.75, 3.05) is 11.4 Å². The van der Waals surface area contributed by atoms with E-state index in [1.165, 1.54) is 0 Å². The maximum absolute atomic E-state index is 12.5. The van der Waals surface area contributed by atoms with Crippen molar-refractivity contribution in [2.24, 2.45) is 0 Å². The third kappa shape index (κ3) is 2.89. The first-order valence-electron chi connectivity index (χ1n) is 7.94. The number of nitrogens with zero attached hydrogens (tertiary/aromatic N) is 4. The van der Waals surface area contributed by atoms with Gasteiger partial charge in [0.15, 0.2) is 0 Å². The highest BCUT2D eigenvalue weighted by Gasteiger charge is 2.36. The van der Waals surface area contributed by atoms with Gasteiger partial charge in [0.2, 0.25) is 17.6 Å². The summed E-state index contributed by atoms with van der Waals surface area (Å²) in [5.74, 6) is 0.764. The summed E-state index contributed by atoms with van der Waals surface area (Å²) in [5.41, 5.74) is 2.35. The van der Waals surface area contributed by atoms with Crippen molar-refractivity contribution in [3.05, 3.63) is 59.1 Å². The summed E-state index contributed by atoms with van der Waals surface area (Å²) in [6.07, 6.45) is 2.00. The quantitative estimate of drug-likeness (QED) is 0.718. The molecule has 6 nitrogen and oxygen atoms in total. The lowest BCUT2D eigenvalue weighted by atomic mass is 10.1. The summed E-state index contributed by atoms with van der Waals surface area (Å²) in [5, 5.41) is 4.63. The van der Waals surface area contributed by atoms with Gasteiger partial charge in [-0.1, -0.05) is 28.9 Å². The lowest BCUT2D eigenvalue weighted by molar-refractivity contribution is -0.117. The van der Waals surface area contributed by atoms with Crippen LogP contribution in [0.15, 0.2) is 47.1 Å². The van der Waals surface area contributed by atoms with Gasteiger partial charge in [-0.2, -0.15) is 4.98 Å². The largest absolute Gasteiger partial charge is 0.339 e.